The molecule has 2 aromatic rings. The molecular formula is C14H15BrN2OS. The minimum Gasteiger partial charge on any atom is -0.380 e. The summed E-state index contributed by atoms with van der Waals surface area (Å²) in [4.78, 5) is 12.2. The van der Waals surface area contributed by atoms with Gasteiger partial charge in [0.15, 0.2) is 0 Å². The van der Waals surface area contributed by atoms with E-state index in [1.54, 1.807) is 11.3 Å². The summed E-state index contributed by atoms with van der Waals surface area (Å²) in [6.07, 6.45) is 0. The molecule has 3 nitrogen and oxygen atoms in total. The van der Waals surface area contributed by atoms with Crippen molar-refractivity contribution in [3.8, 4) is 0 Å². The van der Waals surface area contributed by atoms with Crippen molar-refractivity contribution >= 4 is 44.5 Å². The number of halogens is 1. The van der Waals surface area contributed by atoms with Crippen LogP contribution < -0.4 is 10.6 Å². The van der Waals surface area contributed by atoms with Crippen LogP contribution in [0.2, 0.25) is 0 Å². The summed E-state index contributed by atoms with van der Waals surface area (Å²) in [5.41, 5.74) is 3.15. The molecule has 0 fully saturated rings. The molecule has 1 amide bonds. The number of hydrogen-bond donors (Lipinski definition) is 2. The number of rotatable bonds is 4. The smallest absolute Gasteiger partial charge is 0.221 e. The second-order valence-electron chi connectivity index (χ2n) is 4.26. The van der Waals surface area contributed by atoms with E-state index in [1.807, 2.05) is 23.6 Å². The van der Waals surface area contributed by atoms with Gasteiger partial charge in [0.25, 0.3) is 0 Å². The van der Waals surface area contributed by atoms with Gasteiger partial charge in [-0.25, -0.2) is 0 Å². The fourth-order valence-electron chi connectivity index (χ4n) is 1.72. The largest absolute Gasteiger partial charge is 0.380 e. The molecule has 0 aliphatic rings. The maximum atomic E-state index is 11.1. The summed E-state index contributed by atoms with van der Waals surface area (Å²) >= 11 is 5.12. The quantitative estimate of drug-likeness (QED) is 0.867. The zero-order valence-corrected chi connectivity index (χ0v) is 13.2. The molecule has 0 bridgehead atoms. The first-order valence-electron chi connectivity index (χ1n) is 5.90. The number of benzene rings is 1. The molecule has 0 radical (unpaired) electrons. The van der Waals surface area contributed by atoms with E-state index in [0.717, 1.165) is 20.7 Å². The molecule has 0 saturated carbocycles. The van der Waals surface area contributed by atoms with Crippen LogP contribution in [-0.4, -0.2) is 5.91 Å². The molecule has 1 aromatic carbocycles. The van der Waals surface area contributed by atoms with Gasteiger partial charge in [-0.05, 0) is 42.1 Å². The van der Waals surface area contributed by atoms with Crippen LogP contribution >= 0.6 is 27.3 Å². The minimum absolute atomic E-state index is 0.0425. The van der Waals surface area contributed by atoms with E-state index in [1.165, 1.54) is 12.5 Å². The Kier molecular flexibility index (Phi) is 4.61. The van der Waals surface area contributed by atoms with Crippen LogP contribution in [0.25, 0.3) is 0 Å². The van der Waals surface area contributed by atoms with E-state index >= 15 is 0 Å². The summed E-state index contributed by atoms with van der Waals surface area (Å²) in [6, 6.07) is 8.08. The SMILES string of the molecule is CC(=O)Nc1ccsc1CNc1ccc(Br)c(C)c1. The number of hydrogen-bond acceptors (Lipinski definition) is 3. The molecule has 0 aliphatic heterocycles. The van der Waals surface area contributed by atoms with Crippen molar-refractivity contribution in [2.45, 2.75) is 20.4 Å². The topological polar surface area (TPSA) is 41.1 Å². The van der Waals surface area contributed by atoms with Crippen molar-refractivity contribution in [3.63, 3.8) is 0 Å². The Hall–Kier alpha value is -1.33. The number of aryl methyl sites for hydroxylation is 1. The zero-order valence-electron chi connectivity index (χ0n) is 10.8. The van der Waals surface area contributed by atoms with Gasteiger partial charge in [0.1, 0.15) is 0 Å². The molecule has 0 unspecified atom stereocenters. The molecule has 2 rings (SSSR count). The highest BCUT2D eigenvalue weighted by Gasteiger charge is 2.05. The molecular weight excluding hydrogens is 324 g/mol. The lowest BCUT2D eigenvalue weighted by atomic mass is 10.2. The summed E-state index contributed by atoms with van der Waals surface area (Å²) in [5.74, 6) is -0.0425. The van der Waals surface area contributed by atoms with Gasteiger partial charge in [0.2, 0.25) is 5.91 Å². The Bertz CT molecular complexity index is 595. The molecule has 1 aromatic heterocycles. The number of carbonyl (C=O) groups is 1. The average molecular weight is 339 g/mol. The van der Waals surface area contributed by atoms with Gasteiger partial charge in [-0.1, -0.05) is 15.9 Å². The Balaban J connectivity index is 2.04. The fraction of sp³-hybridized carbons (Fsp3) is 0.214. The summed E-state index contributed by atoms with van der Waals surface area (Å²) in [5, 5.41) is 8.18. The highest BCUT2D eigenvalue weighted by molar-refractivity contribution is 9.10. The molecule has 100 valence electrons. The third kappa shape index (κ3) is 3.81. The van der Waals surface area contributed by atoms with Gasteiger partial charge >= 0.3 is 0 Å². The molecule has 1 heterocycles. The summed E-state index contributed by atoms with van der Waals surface area (Å²) < 4.78 is 1.10. The molecule has 2 N–H and O–H groups in total. The molecule has 5 heteroatoms. The first-order valence-corrected chi connectivity index (χ1v) is 7.57. The lowest BCUT2D eigenvalue weighted by molar-refractivity contribution is -0.114. The minimum atomic E-state index is -0.0425. The van der Waals surface area contributed by atoms with E-state index in [9.17, 15) is 4.79 Å². The Morgan fingerprint density at radius 1 is 1.37 bits per heavy atom. The van der Waals surface area contributed by atoms with Gasteiger partial charge in [-0.3, -0.25) is 4.79 Å². The van der Waals surface area contributed by atoms with Gasteiger partial charge in [0.05, 0.1) is 12.2 Å². The second-order valence-corrected chi connectivity index (χ2v) is 6.11. The van der Waals surface area contributed by atoms with Crippen LogP contribution in [0, 0.1) is 6.92 Å². The summed E-state index contributed by atoms with van der Waals surface area (Å²) in [7, 11) is 0. The first kappa shape index (κ1) is 14.1. The third-order valence-corrected chi connectivity index (χ3v) is 4.48. The monoisotopic (exact) mass is 338 g/mol. The predicted molar refractivity (Wildman–Crippen MR) is 84.8 cm³/mol. The van der Waals surface area contributed by atoms with Crippen LogP contribution in [0.15, 0.2) is 34.1 Å². The maximum Gasteiger partial charge on any atom is 0.221 e. The van der Waals surface area contributed by atoms with Gasteiger partial charge in [-0.2, -0.15) is 0 Å². The van der Waals surface area contributed by atoms with E-state index < -0.39 is 0 Å². The number of amides is 1. The van der Waals surface area contributed by atoms with E-state index in [2.05, 4.69) is 39.6 Å². The fourth-order valence-corrected chi connectivity index (χ4v) is 2.73. The van der Waals surface area contributed by atoms with Crippen LogP contribution in [0.3, 0.4) is 0 Å². The van der Waals surface area contributed by atoms with Crippen molar-refractivity contribution in [1.82, 2.24) is 0 Å². The molecule has 19 heavy (non-hydrogen) atoms. The first-order chi connectivity index (χ1) is 9.06. The van der Waals surface area contributed by atoms with E-state index in [-0.39, 0.29) is 5.91 Å². The second kappa shape index (κ2) is 6.21. The number of anilines is 2. The van der Waals surface area contributed by atoms with Crippen molar-refractivity contribution in [2.24, 2.45) is 0 Å². The number of thiophene rings is 1. The van der Waals surface area contributed by atoms with Crippen LogP contribution in [0.4, 0.5) is 11.4 Å². The third-order valence-electron chi connectivity index (χ3n) is 2.67. The van der Waals surface area contributed by atoms with Crippen LogP contribution in [0.5, 0.6) is 0 Å². The maximum absolute atomic E-state index is 11.1. The van der Waals surface area contributed by atoms with Crippen LogP contribution in [0.1, 0.15) is 17.4 Å². The molecule has 0 saturated heterocycles. The predicted octanol–water partition coefficient (Wildman–Crippen LogP) is 4.39. The molecule has 0 aliphatic carbocycles. The van der Waals surface area contributed by atoms with E-state index in [4.69, 9.17) is 0 Å². The standard InChI is InChI=1S/C14H15BrN2OS/c1-9-7-11(3-4-12(9)15)16-8-14-13(5-6-19-14)17-10(2)18/h3-7,16H,8H2,1-2H3,(H,17,18). The molecule has 0 spiro atoms. The van der Waals surface area contributed by atoms with Gasteiger partial charge < -0.3 is 10.6 Å². The molecule has 0 atom stereocenters. The zero-order chi connectivity index (χ0) is 13.8. The van der Waals surface area contributed by atoms with Gasteiger partial charge in [-0.15, -0.1) is 11.3 Å². The lowest BCUT2D eigenvalue weighted by Gasteiger charge is -2.09. The highest BCUT2D eigenvalue weighted by atomic mass is 79.9. The van der Waals surface area contributed by atoms with Gasteiger partial charge in [0, 0.05) is 22.0 Å². The highest BCUT2D eigenvalue weighted by Crippen LogP contribution is 2.25. The summed E-state index contributed by atoms with van der Waals surface area (Å²) in [6.45, 7) is 4.28. The van der Waals surface area contributed by atoms with E-state index in [0.29, 0.717) is 6.54 Å². The van der Waals surface area contributed by atoms with Crippen LogP contribution in [-0.2, 0) is 11.3 Å². The Morgan fingerprint density at radius 3 is 2.84 bits per heavy atom. The Labute approximate surface area is 125 Å². The van der Waals surface area contributed by atoms with Crippen molar-refractivity contribution in [1.29, 1.82) is 0 Å². The normalized spacial score (nSPS) is 10.3. The van der Waals surface area contributed by atoms with Crippen molar-refractivity contribution in [2.75, 3.05) is 10.6 Å². The van der Waals surface area contributed by atoms with Crippen molar-refractivity contribution < 1.29 is 4.79 Å². The van der Waals surface area contributed by atoms with Crippen molar-refractivity contribution in [3.05, 3.63) is 44.6 Å². The lowest BCUT2D eigenvalue weighted by Crippen LogP contribution is -2.08. The number of carbonyl (C=O) groups excluding carboxylic acids is 1. The Morgan fingerprint density at radius 2 is 2.16 bits per heavy atom. The average Bonchev–Trinajstić information content (AvgIpc) is 2.77. The number of nitrogens with one attached hydrogen (secondary N) is 2.